The van der Waals surface area contributed by atoms with Crippen molar-refractivity contribution in [3.8, 4) is 5.69 Å². The van der Waals surface area contributed by atoms with Crippen molar-refractivity contribution in [1.29, 1.82) is 0 Å². The fraction of sp³-hybridized carbons (Fsp3) is 0.520. The van der Waals surface area contributed by atoms with Gasteiger partial charge in [-0.15, -0.1) is 0 Å². The lowest BCUT2D eigenvalue weighted by atomic mass is 9.90. The Bertz CT molecular complexity index is 1090. The van der Waals surface area contributed by atoms with E-state index in [0.717, 1.165) is 66.2 Å². The van der Waals surface area contributed by atoms with Crippen molar-refractivity contribution in [3.63, 3.8) is 0 Å². The van der Waals surface area contributed by atoms with E-state index in [0.29, 0.717) is 6.04 Å². The van der Waals surface area contributed by atoms with Crippen LogP contribution in [0.4, 0.5) is 5.82 Å². The number of hydrogen-bond acceptors (Lipinski definition) is 5. The second kappa shape index (κ2) is 9.27. The first-order chi connectivity index (χ1) is 15.4. The normalized spacial score (nSPS) is 18.8. The molecule has 7 nitrogen and oxygen atoms in total. The summed E-state index contributed by atoms with van der Waals surface area (Å²) in [6, 6.07) is 8.94. The molecule has 7 heteroatoms. The number of carbonyl (C=O) groups excluding carboxylic acids is 1. The molecule has 0 spiro atoms. The van der Waals surface area contributed by atoms with Crippen LogP contribution < -0.4 is 10.6 Å². The van der Waals surface area contributed by atoms with Crippen LogP contribution in [0, 0.1) is 19.8 Å². The molecule has 32 heavy (non-hydrogen) atoms. The van der Waals surface area contributed by atoms with Crippen LogP contribution in [-0.4, -0.2) is 37.7 Å². The molecule has 1 amide bonds. The number of nitrogens with zero attached hydrogens (tertiary/aromatic N) is 4. The Kier molecular flexibility index (Phi) is 6.44. The Hall–Kier alpha value is -2.96. The molecule has 3 aromatic rings. The molecule has 0 unspecified atom stereocenters. The van der Waals surface area contributed by atoms with Gasteiger partial charge in [-0.3, -0.25) is 4.79 Å². The van der Waals surface area contributed by atoms with E-state index >= 15 is 0 Å². The number of aromatic nitrogens is 4. The molecule has 1 fully saturated rings. The van der Waals surface area contributed by atoms with Gasteiger partial charge in [-0.2, -0.15) is 5.10 Å². The van der Waals surface area contributed by atoms with Crippen molar-refractivity contribution in [2.75, 3.05) is 5.32 Å². The van der Waals surface area contributed by atoms with Gasteiger partial charge in [-0.1, -0.05) is 38.5 Å². The molecule has 2 aromatic heterocycles. The van der Waals surface area contributed by atoms with E-state index in [1.807, 2.05) is 25.5 Å². The maximum Gasteiger partial charge on any atom is 0.222 e. The van der Waals surface area contributed by atoms with E-state index in [9.17, 15) is 4.79 Å². The maximum atomic E-state index is 12.0. The van der Waals surface area contributed by atoms with Gasteiger partial charge in [0.05, 0.1) is 16.8 Å². The smallest absolute Gasteiger partial charge is 0.222 e. The molecule has 0 bridgehead atoms. The molecule has 1 aliphatic rings. The number of benzene rings is 1. The number of carbonyl (C=O) groups is 1. The van der Waals surface area contributed by atoms with E-state index in [-0.39, 0.29) is 17.9 Å². The average Bonchev–Trinajstić information content (AvgIpc) is 3.12. The molecule has 2 heterocycles. The van der Waals surface area contributed by atoms with Gasteiger partial charge in [0.25, 0.3) is 0 Å². The van der Waals surface area contributed by atoms with Gasteiger partial charge in [0.2, 0.25) is 5.91 Å². The highest BCUT2D eigenvalue weighted by Gasteiger charge is 2.25. The molecule has 0 saturated heterocycles. The molecule has 2 N–H and O–H groups in total. The van der Waals surface area contributed by atoms with Crippen molar-refractivity contribution in [1.82, 2.24) is 25.1 Å². The molecule has 0 aliphatic heterocycles. The first-order valence-corrected chi connectivity index (χ1v) is 11.8. The van der Waals surface area contributed by atoms with Crippen LogP contribution in [0.25, 0.3) is 16.7 Å². The fourth-order valence-corrected chi connectivity index (χ4v) is 4.30. The lowest BCUT2D eigenvalue weighted by Crippen LogP contribution is -2.41. The van der Waals surface area contributed by atoms with E-state index in [4.69, 9.17) is 15.1 Å². The van der Waals surface area contributed by atoms with E-state index in [1.54, 1.807) is 0 Å². The summed E-state index contributed by atoms with van der Waals surface area (Å²) in [6.07, 6.45) is 4.72. The molecule has 170 valence electrons. The quantitative estimate of drug-likeness (QED) is 0.597. The van der Waals surface area contributed by atoms with Gasteiger partial charge in [0, 0.05) is 24.4 Å². The van der Waals surface area contributed by atoms with Gasteiger partial charge < -0.3 is 10.6 Å². The van der Waals surface area contributed by atoms with E-state index < -0.39 is 0 Å². The lowest BCUT2D eigenvalue weighted by Gasteiger charge is -2.30. The number of aryl methyl sites for hydroxylation is 3. The molecule has 1 saturated carbocycles. The zero-order chi connectivity index (χ0) is 22.8. The van der Waals surface area contributed by atoms with Crippen LogP contribution in [0.3, 0.4) is 0 Å². The van der Waals surface area contributed by atoms with Crippen LogP contribution in [0.2, 0.25) is 0 Å². The second-order valence-corrected chi connectivity index (χ2v) is 9.23. The summed E-state index contributed by atoms with van der Waals surface area (Å²) in [6.45, 7) is 10.1. The number of amides is 1. The highest BCUT2D eigenvalue weighted by atomic mass is 16.1. The van der Waals surface area contributed by atoms with Crippen molar-refractivity contribution >= 4 is 22.8 Å². The lowest BCUT2D eigenvalue weighted by molar-refractivity contribution is -0.124. The molecular weight excluding hydrogens is 400 g/mol. The minimum atomic E-state index is 0.0284. The number of nitrogens with one attached hydrogen (secondary N) is 2. The summed E-state index contributed by atoms with van der Waals surface area (Å²) in [5.41, 5.74) is 3.98. The third-order valence-corrected chi connectivity index (χ3v) is 6.28. The standard InChI is InChI=1S/C25H34N6O/c1-6-21-28-23(26-18-9-11-19(12-10-18)27-25(32)15(2)3)22-17(5)30-31(24(22)29-21)20-13-7-16(4)8-14-20/h7-8,13-15,18-19H,6,9-12H2,1-5H3,(H,27,32)(H,26,28,29). The third kappa shape index (κ3) is 4.61. The molecule has 0 atom stereocenters. The van der Waals surface area contributed by atoms with Crippen molar-refractivity contribution in [2.45, 2.75) is 78.8 Å². The zero-order valence-electron chi connectivity index (χ0n) is 19.8. The number of hydrogen-bond donors (Lipinski definition) is 2. The number of rotatable bonds is 6. The summed E-state index contributed by atoms with van der Waals surface area (Å²) in [7, 11) is 0. The minimum absolute atomic E-state index is 0.0284. The third-order valence-electron chi connectivity index (χ3n) is 6.28. The second-order valence-electron chi connectivity index (χ2n) is 9.23. The van der Waals surface area contributed by atoms with Gasteiger partial charge in [0.1, 0.15) is 11.6 Å². The predicted molar refractivity (Wildman–Crippen MR) is 128 cm³/mol. The molecule has 0 radical (unpaired) electrons. The molecule has 1 aliphatic carbocycles. The topological polar surface area (TPSA) is 84.7 Å². The van der Waals surface area contributed by atoms with Crippen LogP contribution in [0.5, 0.6) is 0 Å². The highest BCUT2D eigenvalue weighted by molar-refractivity contribution is 5.90. The van der Waals surface area contributed by atoms with Crippen molar-refractivity contribution in [2.24, 2.45) is 5.92 Å². The SMILES string of the molecule is CCc1nc(NC2CCC(NC(=O)C(C)C)CC2)c2c(C)nn(-c3ccc(C)cc3)c2n1. The Morgan fingerprint density at radius 2 is 1.72 bits per heavy atom. The fourth-order valence-electron chi connectivity index (χ4n) is 4.30. The Morgan fingerprint density at radius 1 is 1.06 bits per heavy atom. The van der Waals surface area contributed by atoms with Crippen molar-refractivity contribution in [3.05, 3.63) is 41.3 Å². The summed E-state index contributed by atoms with van der Waals surface area (Å²) in [4.78, 5) is 21.7. The van der Waals surface area contributed by atoms with Crippen molar-refractivity contribution < 1.29 is 4.79 Å². The van der Waals surface area contributed by atoms with Crippen LogP contribution in [0.1, 0.15) is 63.5 Å². The number of anilines is 1. The largest absolute Gasteiger partial charge is 0.367 e. The first kappa shape index (κ1) is 22.2. The Morgan fingerprint density at radius 3 is 2.34 bits per heavy atom. The predicted octanol–water partition coefficient (Wildman–Crippen LogP) is 4.49. The molecule has 4 rings (SSSR count). The Balaban J connectivity index is 1.58. The van der Waals surface area contributed by atoms with Crippen LogP contribution in [0.15, 0.2) is 24.3 Å². The van der Waals surface area contributed by atoms with Gasteiger partial charge in [-0.05, 0) is 51.7 Å². The summed E-state index contributed by atoms with van der Waals surface area (Å²) < 4.78 is 1.93. The summed E-state index contributed by atoms with van der Waals surface area (Å²) in [5.74, 6) is 1.86. The first-order valence-electron chi connectivity index (χ1n) is 11.8. The van der Waals surface area contributed by atoms with Gasteiger partial charge in [0.15, 0.2) is 5.65 Å². The summed E-state index contributed by atoms with van der Waals surface area (Å²) in [5, 5.41) is 12.7. The maximum absolute atomic E-state index is 12.0. The highest BCUT2D eigenvalue weighted by Crippen LogP contribution is 2.29. The van der Waals surface area contributed by atoms with Crippen LogP contribution >= 0.6 is 0 Å². The zero-order valence-corrected chi connectivity index (χ0v) is 19.8. The Labute approximate surface area is 190 Å². The van der Waals surface area contributed by atoms with Gasteiger partial charge >= 0.3 is 0 Å². The molecular formula is C25H34N6O. The minimum Gasteiger partial charge on any atom is -0.367 e. The van der Waals surface area contributed by atoms with Gasteiger partial charge in [-0.25, -0.2) is 14.6 Å². The van der Waals surface area contributed by atoms with Crippen LogP contribution in [-0.2, 0) is 11.2 Å². The monoisotopic (exact) mass is 434 g/mol. The molecule has 1 aromatic carbocycles. The average molecular weight is 435 g/mol. The number of fused-ring (bicyclic) bond motifs is 1. The summed E-state index contributed by atoms with van der Waals surface area (Å²) >= 11 is 0. The van der Waals surface area contributed by atoms with E-state index in [1.165, 1.54) is 5.56 Å². The van der Waals surface area contributed by atoms with E-state index in [2.05, 4.69) is 48.7 Å².